The second kappa shape index (κ2) is 8.50. The van der Waals surface area contributed by atoms with Crippen LogP contribution in [0, 0.1) is 0 Å². The predicted octanol–water partition coefficient (Wildman–Crippen LogP) is 2.07. The van der Waals surface area contributed by atoms with Gasteiger partial charge < -0.3 is 9.64 Å². The lowest BCUT2D eigenvalue weighted by atomic mass is 10.1. The summed E-state index contributed by atoms with van der Waals surface area (Å²) in [6.45, 7) is 2.23. The molecule has 0 atom stereocenters. The van der Waals surface area contributed by atoms with Gasteiger partial charge in [-0.15, -0.1) is 16.4 Å². The predicted molar refractivity (Wildman–Crippen MR) is 94.3 cm³/mol. The van der Waals surface area contributed by atoms with E-state index in [9.17, 15) is 4.79 Å². The number of methoxy groups -OCH3 is 1. The maximum atomic E-state index is 12.8. The van der Waals surface area contributed by atoms with Gasteiger partial charge in [0.25, 0.3) is 5.91 Å². The summed E-state index contributed by atoms with van der Waals surface area (Å²) in [5, 5.41) is 13.1. The lowest BCUT2D eigenvalue weighted by Crippen LogP contribution is -2.33. The van der Waals surface area contributed by atoms with E-state index in [2.05, 4.69) is 15.5 Å². The average Bonchev–Trinajstić information content (AvgIpc) is 3.32. The smallest absolute Gasteiger partial charge is 0.254 e. The molecule has 2 aromatic heterocycles. The highest BCUT2D eigenvalue weighted by atomic mass is 32.1. The molecule has 0 unspecified atom stereocenters. The van der Waals surface area contributed by atoms with Gasteiger partial charge in [0.15, 0.2) is 0 Å². The van der Waals surface area contributed by atoms with Crippen molar-refractivity contribution >= 4 is 17.2 Å². The molecule has 7 nitrogen and oxygen atoms in total. The molecule has 3 aromatic rings. The van der Waals surface area contributed by atoms with Crippen LogP contribution in [0.4, 0.5) is 0 Å². The van der Waals surface area contributed by atoms with Crippen LogP contribution in [-0.4, -0.2) is 51.3 Å². The van der Waals surface area contributed by atoms with Crippen LogP contribution in [0.3, 0.4) is 0 Å². The first kappa shape index (κ1) is 17.2. The highest BCUT2D eigenvalue weighted by molar-refractivity contribution is 7.09. The number of nitrogens with zero attached hydrogens (tertiary/aromatic N) is 5. The van der Waals surface area contributed by atoms with Crippen molar-refractivity contribution in [1.29, 1.82) is 0 Å². The molecule has 25 heavy (non-hydrogen) atoms. The zero-order valence-corrected chi connectivity index (χ0v) is 14.7. The molecule has 0 saturated heterocycles. The van der Waals surface area contributed by atoms with Crippen LogP contribution >= 0.6 is 11.3 Å². The average molecular weight is 357 g/mol. The minimum atomic E-state index is -0.000535. The number of ether oxygens (including phenoxy) is 1. The summed E-state index contributed by atoms with van der Waals surface area (Å²) in [6, 6.07) is 11.6. The van der Waals surface area contributed by atoms with E-state index < -0.39 is 0 Å². The fourth-order valence-electron chi connectivity index (χ4n) is 2.42. The molecular formula is C17H19N5O2S. The lowest BCUT2D eigenvalue weighted by Gasteiger charge is -2.22. The molecule has 0 saturated carbocycles. The van der Waals surface area contributed by atoms with Gasteiger partial charge in [-0.05, 0) is 39.6 Å². The molecule has 0 spiro atoms. The van der Waals surface area contributed by atoms with E-state index in [0.717, 1.165) is 10.4 Å². The van der Waals surface area contributed by atoms with E-state index in [-0.39, 0.29) is 5.91 Å². The van der Waals surface area contributed by atoms with E-state index >= 15 is 0 Å². The van der Waals surface area contributed by atoms with Gasteiger partial charge in [0.05, 0.1) is 19.7 Å². The Morgan fingerprint density at radius 2 is 2.12 bits per heavy atom. The Labute approximate surface area is 149 Å². The van der Waals surface area contributed by atoms with Crippen LogP contribution in [-0.2, 0) is 17.8 Å². The van der Waals surface area contributed by atoms with Crippen LogP contribution in [0.2, 0.25) is 0 Å². The summed E-state index contributed by atoms with van der Waals surface area (Å²) in [5.74, 6) is -0.000535. The Balaban J connectivity index is 1.69. The number of benzene rings is 1. The van der Waals surface area contributed by atoms with Gasteiger partial charge in [-0.2, -0.15) is 0 Å². The molecule has 0 aliphatic rings. The molecule has 0 fully saturated rings. The number of tetrazole rings is 1. The molecule has 0 bridgehead atoms. The summed E-state index contributed by atoms with van der Waals surface area (Å²) in [6.07, 6.45) is 1.56. The largest absolute Gasteiger partial charge is 0.383 e. The number of rotatable bonds is 8. The lowest BCUT2D eigenvalue weighted by molar-refractivity contribution is 0.0682. The number of hydrogen-bond acceptors (Lipinski definition) is 6. The summed E-state index contributed by atoms with van der Waals surface area (Å²) in [5.41, 5.74) is 1.69. The normalized spacial score (nSPS) is 10.8. The van der Waals surface area contributed by atoms with E-state index in [0.29, 0.717) is 31.8 Å². The first-order valence-corrected chi connectivity index (χ1v) is 8.74. The quantitative estimate of drug-likeness (QED) is 0.617. The Kier molecular flexibility index (Phi) is 5.86. The number of aromatic nitrogens is 4. The minimum Gasteiger partial charge on any atom is -0.383 e. The maximum Gasteiger partial charge on any atom is 0.254 e. The number of carbonyl (C=O) groups is 1. The van der Waals surface area contributed by atoms with Gasteiger partial charge in [0.1, 0.15) is 6.33 Å². The third kappa shape index (κ3) is 4.71. The zero-order valence-electron chi connectivity index (χ0n) is 13.9. The highest BCUT2D eigenvalue weighted by Gasteiger charge is 2.16. The molecule has 130 valence electrons. The Bertz CT molecular complexity index is 772. The van der Waals surface area contributed by atoms with Crippen LogP contribution in [0.1, 0.15) is 20.8 Å². The Morgan fingerprint density at radius 1 is 1.28 bits per heavy atom. The van der Waals surface area contributed by atoms with Gasteiger partial charge >= 0.3 is 0 Å². The second-order valence-corrected chi connectivity index (χ2v) is 6.54. The second-order valence-electron chi connectivity index (χ2n) is 5.50. The molecule has 0 aliphatic carbocycles. The van der Waals surface area contributed by atoms with Crippen molar-refractivity contribution < 1.29 is 9.53 Å². The van der Waals surface area contributed by atoms with Crippen LogP contribution in [0.15, 0.2) is 48.1 Å². The number of hydrogen-bond donors (Lipinski definition) is 0. The summed E-state index contributed by atoms with van der Waals surface area (Å²) in [4.78, 5) is 15.8. The minimum absolute atomic E-state index is 0.000535. The Hall–Kier alpha value is -2.58. The third-order valence-corrected chi connectivity index (χ3v) is 4.58. The number of thiophene rings is 1. The topological polar surface area (TPSA) is 73.1 Å². The van der Waals surface area contributed by atoms with Crippen LogP contribution < -0.4 is 0 Å². The van der Waals surface area contributed by atoms with Gasteiger partial charge in [-0.3, -0.25) is 4.79 Å². The van der Waals surface area contributed by atoms with E-state index in [1.807, 2.05) is 46.7 Å². The fourth-order valence-corrected chi connectivity index (χ4v) is 3.14. The van der Waals surface area contributed by atoms with Gasteiger partial charge in [0.2, 0.25) is 0 Å². The van der Waals surface area contributed by atoms with E-state index in [4.69, 9.17) is 4.74 Å². The van der Waals surface area contributed by atoms with Crippen molar-refractivity contribution in [2.24, 2.45) is 0 Å². The molecule has 3 rings (SSSR count). The highest BCUT2D eigenvalue weighted by Crippen LogP contribution is 2.15. The number of carbonyl (C=O) groups excluding carboxylic acids is 1. The fraction of sp³-hybridized carbons (Fsp3) is 0.294. The summed E-state index contributed by atoms with van der Waals surface area (Å²) >= 11 is 1.65. The summed E-state index contributed by atoms with van der Waals surface area (Å²) < 4.78 is 6.78. The first-order valence-electron chi connectivity index (χ1n) is 7.86. The molecule has 0 radical (unpaired) electrons. The molecule has 0 N–H and O–H groups in total. The van der Waals surface area contributed by atoms with Crippen molar-refractivity contribution in [3.05, 3.63) is 64.1 Å². The molecule has 0 aliphatic heterocycles. The maximum absolute atomic E-state index is 12.8. The van der Waals surface area contributed by atoms with Crippen molar-refractivity contribution in [3.8, 4) is 0 Å². The molecule has 1 amide bonds. The molecule has 1 aromatic carbocycles. The molecule has 2 heterocycles. The van der Waals surface area contributed by atoms with Crippen molar-refractivity contribution in [1.82, 2.24) is 25.1 Å². The number of amides is 1. The Morgan fingerprint density at radius 3 is 2.76 bits per heavy atom. The summed E-state index contributed by atoms with van der Waals surface area (Å²) in [7, 11) is 1.64. The third-order valence-electron chi connectivity index (χ3n) is 3.72. The van der Waals surface area contributed by atoms with E-state index in [1.165, 1.54) is 0 Å². The van der Waals surface area contributed by atoms with Crippen LogP contribution in [0.5, 0.6) is 0 Å². The van der Waals surface area contributed by atoms with Crippen molar-refractivity contribution in [2.45, 2.75) is 13.1 Å². The standard InChI is InChI=1S/C17H19N5O2S/c1-24-9-8-21(12-16-3-2-10-25-16)17(23)15-6-4-14(5-7-15)11-22-13-18-19-20-22/h2-7,10,13H,8-9,11-12H2,1H3. The molecule has 8 heteroatoms. The van der Waals surface area contributed by atoms with Crippen molar-refractivity contribution in [2.75, 3.05) is 20.3 Å². The van der Waals surface area contributed by atoms with Gasteiger partial charge in [-0.1, -0.05) is 18.2 Å². The van der Waals surface area contributed by atoms with Crippen molar-refractivity contribution in [3.63, 3.8) is 0 Å². The van der Waals surface area contributed by atoms with E-state index in [1.54, 1.807) is 29.5 Å². The van der Waals surface area contributed by atoms with Gasteiger partial charge in [0, 0.05) is 24.1 Å². The van der Waals surface area contributed by atoms with Gasteiger partial charge in [-0.25, -0.2) is 4.68 Å². The molecular weight excluding hydrogens is 338 g/mol. The SMILES string of the molecule is COCCN(Cc1cccs1)C(=O)c1ccc(Cn2cnnn2)cc1. The first-order chi connectivity index (χ1) is 12.3. The zero-order chi connectivity index (χ0) is 17.5. The van der Waals surface area contributed by atoms with Crippen LogP contribution in [0.25, 0.3) is 0 Å². The monoisotopic (exact) mass is 357 g/mol.